The first kappa shape index (κ1) is 21.9. The third-order valence-corrected chi connectivity index (χ3v) is 8.65. The molecule has 1 saturated carbocycles. The Morgan fingerprint density at radius 3 is 2.25 bits per heavy atom. The number of carbonyl (C=O) groups excluding carboxylic acids is 1. The van der Waals surface area contributed by atoms with Gasteiger partial charge in [-0.2, -0.15) is 4.31 Å². The van der Waals surface area contributed by atoms with Crippen molar-refractivity contribution in [2.75, 3.05) is 20.1 Å². The number of halogens is 2. The number of hydrogen-bond donors (Lipinski definition) is 0. The van der Waals surface area contributed by atoms with Gasteiger partial charge in [-0.3, -0.25) is 4.79 Å². The molecule has 28 heavy (non-hydrogen) atoms. The fraction of sp³-hybridized carbons (Fsp3) is 0.650. The highest BCUT2D eigenvalue weighted by Crippen LogP contribution is 2.31. The van der Waals surface area contributed by atoms with Crippen molar-refractivity contribution in [3.8, 4) is 0 Å². The van der Waals surface area contributed by atoms with Crippen molar-refractivity contribution in [2.45, 2.75) is 62.3 Å². The molecule has 0 N–H and O–H groups in total. The van der Waals surface area contributed by atoms with E-state index in [0.717, 1.165) is 12.8 Å². The standard InChI is InChI=1S/C20H28Cl2N2O3S/c1-23(17-6-4-2-3-5-7-17)20(25)15-10-12-24(13-11-15)28(26,27)19-14-16(21)8-9-18(19)22/h8-9,14-15,17H,2-7,10-13H2,1H3. The minimum atomic E-state index is -3.72. The third-order valence-electron chi connectivity index (χ3n) is 6.03. The third kappa shape index (κ3) is 4.84. The van der Waals surface area contributed by atoms with Crippen molar-refractivity contribution in [2.24, 2.45) is 5.92 Å². The van der Waals surface area contributed by atoms with E-state index >= 15 is 0 Å². The molecule has 1 saturated heterocycles. The summed E-state index contributed by atoms with van der Waals surface area (Å²) in [5.41, 5.74) is 0. The van der Waals surface area contributed by atoms with Crippen LogP contribution in [0.1, 0.15) is 51.4 Å². The molecule has 1 amide bonds. The molecule has 8 heteroatoms. The Balaban J connectivity index is 1.63. The highest BCUT2D eigenvalue weighted by Gasteiger charge is 2.35. The van der Waals surface area contributed by atoms with Gasteiger partial charge in [0.25, 0.3) is 0 Å². The van der Waals surface area contributed by atoms with Gasteiger partial charge in [0.1, 0.15) is 4.90 Å². The van der Waals surface area contributed by atoms with E-state index < -0.39 is 10.0 Å². The maximum atomic E-state index is 13.0. The van der Waals surface area contributed by atoms with Gasteiger partial charge in [-0.25, -0.2) is 8.42 Å². The number of hydrogen-bond acceptors (Lipinski definition) is 3. The smallest absolute Gasteiger partial charge is 0.244 e. The molecule has 0 atom stereocenters. The van der Waals surface area contributed by atoms with Crippen molar-refractivity contribution in [1.82, 2.24) is 9.21 Å². The van der Waals surface area contributed by atoms with Crippen LogP contribution in [0.5, 0.6) is 0 Å². The first-order valence-corrected chi connectivity index (χ1v) is 12.2. The minimum Gasteiger partial charge on any atom is -0.343 e. The molecule has 0 bridgehead atoms. The number of benzene rings is 1. The number of sulfonamides is 1. The number of piperidine rings is 1. The van der Waals surface area contributed by atoms with E-state index in [0.29, 0.717) is 37.0 Å². The monoisotopic (exact) mass is 446 g/mol. The topological polar surface area (TPSA) is 57.7 Å². The van der Waals surface area contributed by atoms with E-state index in [-0.39, 0.29) is 21.7 Å². The van der Waals surface area contributed by atoms with Crippen LogP contribution in [0.4, 0.5) is 0 Å². The zero-order valence-electron chi connectivity index (χ0n) is 16.2. The number of rotatable bonds is 4. The van der Waals surface area contributed by atoms with Crippen LogP contribution in [0.25, 0.3) is 0 Å². The summed E-state index contributed by atoms with van der Waals surface area (Å²) in [6, 6.07) is 4.77. The average Bonchev–Trinajstić information content (AvgIpc) is 2.98. The summed E-state index contributed by atoms with van der Waals surface area (Å²) in [5.74, 6) is 0.0410. The van der Waals surface area contributed by atoms with E-state index in [4.69, 9.17) is 23.2 Å². The molecule has 2 aliphatic rings. The lowest BCUT2D eigenvalue weighted by atomic mass is 9.95. The van der Waals surface area contributed by atoms with Crippen molar-refractivity contribution in [1.29, 1.82) is 0 Å². The molecule has 1 aliphatic carbocycles. The van der Waals surface area contributed by atoms with Gasteiger partial charge in [-0.1, -0.05) is 48.9 Å². The lowest BCUT2D eigenvalue weighted by Crippen LogP contribution is -2.46. The highest BCUT2D eigenvalue weighted by molar-refractivity contribution is 7.89. The summed E-state index contributed by atoms with van der Waals surface area (Å²) in [5, 5.41) is 0.494. The fourth-order valence-corrected chi connectivity index (χ4v) is 6.48. The van der Waals surface area contributed by atoms with Crippen LogP contribution < -0.4 is 0 Å². The molecule has 1 aliphatic heterocycles. The second-order valence-electron chi connectivity index (χ2n) is 7.85. The lowest BCUT2D eigenvalue weighted by Gasteiger charge is -2.35. The van der Waals surface area contributed by atoms with Crippen LogP contribution in [0.3, 0.4) is 0 Å². The normalized spacial score (nSPS) is 20.7. The van der Waals surface area contributed by atoms with Crippen molar-refractivity contribution >= 4 is 39.1 Å². The van der Waals surface area contributed by atoms with Crippen LogP contribution in [0.2, 0.25) is 10.0 Å². The van der Waals surface area contributed by atoms with Crippen molar-refractivity contribution < 1.29 is 13.2 Å². The van der Waals surface area contributed by atoms with Gasteiger partial charge in [0.2, 0.25) is 15.9 Å². The molecule has 0 radical (unpaired) electrons. The van der Waals surface area contributed by atoms with E-state index in [1.54, 1.807) is 6.07 Å². The van der Waals surface area contributed by atoms with Crippen LogP contribution >= 0.6 is 23.2 Å². The minimum absolute atomic E-state index is 0.0296. The van der Waals surface area contributed by atoms with E-state index in [1.165, 1.54) is 42.1 Å². The number of amides is 1. The first-order chi connectivity index (χ1) is 13.3. The Morgan fingerprint density at radius 1 is 1.04 bits per heavy atom. The van der Waals surface area contributed by atoms with Crippen LogP contribution in [0.15, 0.2) is 23.1 Å². The van der Waals surface area contributed by atoms with Crippen molar-refractivity contribution in [3.63, 3.8) is 0 Å². The SMILES string of the molecule is CN(C(=O)C1CCN(S(=O)(=O)c2cc(Cl)ccc2Cl)CC1)C1CCCCCC1. The maximum absolute atomic E-state index is 13.0. The Labute approximate surface area is 178 Å². The predicted octanol–water partition coefficient (Wildman–Crippen LogP) is 4.58. The summed E-state index contributed by atoms with van der Waals surface area (Å²) in [4.78, 5) is 14.9. The van der Waals surface area contributed by atoms with Gasteiger partial charge in [0.05, 0.1) is 5.02 Å². The molecule has 0 aromatic heterocycles. The second kappa shape index (κ2) is 9.33. The number of nitrogens with zero attached hydrogens (tertiary/aromatic N) is 2. The Morgan fingerprint density at radius 2 is 1.64 bits per heavy atom. The Hall–Kier alpha value is -0.820. The molecule has 156 valence electrons. The second-order valence-corrected chi connectivity index (χ2v) is 10.6. The highest BCUT2D eigenvalue weighted by atomic mass is 35.5. The van der Waals surface area contributed by atoms with Gasteiger partial charge in [0, 0.05) is 37.1 Å². The fourth-order valence-electron chi connectivity index (χ4n) is 4.27. The molecule has 1 heterocycles. The van der Waals surface area contributed by atoms with Gasteiger partial charge in [-0.05, 0) is 43.9 Å². The molecule has 1 aromatic rings. The van der Waals surface area contributed by atoms with E-state index in [2.05, 4.69) is 0 Å². The molecule has 1 aromatic carbocycles. The van der Waals surface area contributed by atoms with Crippen LogP contribution in [-0.2, 0) is 14.8 Å². The van der Waals surface area contributed by atoms with Gasteiger partial charge < -0.3 is 4.90 Å². The van der Waals surface area contributed by atoms with Crippen LogP contribution in [0, 0.1) is 5.92 Å². The zero-order valence-corrected chi connectivity index (χ0v) is 18.6. The molecular formula is C20H28Cl2N2O3S. The molecule has 3 rings (SSSR count). The molecule has 0 unspecified atom stereocenters. The number of carbonyl (C=O) groups is 1. The molecule has 0 spiro atoms. The van der Waals surface area contributed by atoms with Crippen molar-refractivity contribution in [3.05, 3.63) is 28.2 Å². The molecule has 5 nitrogen and oxygen atoms in total. The first-order valence-electron chi connectivity index (χ1n) is 10.0. The summed E-state index contributed by atoms with van der Waals surface area (Å²) in [7, 11) is -1.81. The van der Waals surface area contributed by atoms with E-state index in [1.807, 2.05) is 11.9 Å². The van der Waals surface area contributed by atoms with Crippen LogP contribution in [-0.4, -0.2) is 49.7 Å². The predicted molar refractivity (Wildman–Crippen MR) is 112 cm³/mol. The maximum Gasteiger partial charge on any atom is 0.244 e. The molecular weight excluding hydrogens is 419 g/mol. The van der Waals surface area contributed by atoms with E-state index in [9.17, 15) is 13.2 Å². The average molecular weight is 447 g/mol. The summed E-state index contributed by atoms with van der Waals surface area (Å²) in [6.07, 6.45) is 8.08. The zero-order chi connectivity index (χ0) is 20.3. The largest absolute Gasteiger partial charge is 0.343 e. The van der Waals surface area contributed by atoms with Gasteiger partial charge >= 0.3 is 0 Å². The quantitative estimate of drug-likeness (QED) is 0.636. The van der Waals surface area contributed by atoms with Gasteiger partial charge in [0.15, 0.2) is 0 Å². The van der Waals surface area contributed by atoms with Gasteiger partial charge in [-0.15, -0.1) is 0 Å². The molecule has 2 fully saturated rings. The Kier molecular flexibility index (Phi) is 7.29. The lowest BCUT2D eigenvalue weighted by molar-refractivity contribution is -0.137. The summed E-state index contributed by atoms with van der Waals surface area (Å²) < 4.78 is 27.3. The summed E-state index contributed by atoms with van der Waals surface area (Å²) in [6.45, 7) is 0.639. The summed E-state index contributed by atoms with van der Waals surface area (Å²) >= 11 is 12.0. The Bertz CT molecular complexity index is 800.